The summed E-state index contributed by atoms with van der Waals surface area (Å²) in [6.45, 7) is 4.00. The Bertz CT molecular complexity index is 789. The average Bonchev–Trinajstić information content (AvgIpc) is 2.97. The van der Waals surface area contributed by atoms with Gasteiger partial charge in [0.1, 0.15) is 6.61 Å². The lowest BCUT2D eigenvalue weighted by molar-refractivity contribution is -0.131. The number of hydrogen-bond donors (Lipinski definition) is 2. The van der Waals surface area contributed by atoms with E-state index >= 15 is 0 Å². The molecular formula is C21H32O6S. The lowest BCUT2D eigenvalue weighted by atomic mass is 9.47. The van der Waals surface area contributed by atoms with Gasteiger partial charge in [0.15, 0.2) is 5.78 Å². The zero-order chi connectivity index (χ0) is 20.3. The van der Waals surface area contributed by atoms with E-state index in [0.29, 0.717) is 17.8 Å². The Labute approximate surface area is 167 Å². The Balaban J connectivity index is 1.54. The average molecular weight is 413 g/mol. The van der Waals surface area contributed by atoms with Gasteiger partial charge in [-0.05, 0) is 80.0 Å². The fraction of sp³-hybridized carbons (Fsp3) is 0.857. The normalized spacial score (nSPS) is 45.6. The summed E-state index contributed by atoms with van der Waals surface area (Å²) in [5, 5.41) is 10.1. The van der Waals surface area contributed by atoms with Crippen LogP contribution < -0.4 is 0 Å². The van der Waals surface area contributed by atoms with Crippen LogP contribution in [-0.2, 0) is 19.4 Å². The largest absolute Gasteiger partial charge is 0.397 e. The quantitative estimate of drug-likeness (QED) is 0.543. The van der Waals surface area contributed by atoms with Crippen molar-refractivity contribution in [1.29, 1.82) is 0 Å². The third-order valence-corrected chi connectivity index (χ3v) is 9.23. The van der Waals surface area contributed by atoms with Crippen molar-refractivity contribution in [2.45, 2.75) is 71.3 Å². The van der Waals surface area contributed by atoms with Crippen LogP contribution in [-0.4, -0.2) is 36.6 Å². The standard InChI is InChI=1S/C21H32O6S/c1-20-9-7-14(22)11-13(20)3-4-15-16-5-6-18(19(23)12-27-28(24,25)26)21(16,2)10-8-17(15)20/h3,14-18,22H,4-12H2,1-2H3,(H,24,25,26). The summed E-state index contributed by atoms with van der Waals surface area (Å²) in [4.78, 5) is 12.7. The molecule has 6 nitrogen and oxygen atoms in total. The van der Waals surface area contributed by atoms with Crippen LogP contribution in [0.2, 0.25) is 0 Å². The van der Waals surface area contributed by atoms with Gasteiger partial charge in [-0.2, -0.15) is 8.42 Å². The maximum atomic E-state index is 12.7. The van der Waals surface area contributed by atoms with Crippen LogP contribution in [0.1, 0.15) is 65.2 Å². The van der Waals surface area contributed by atoms with E-state index < -0.39 is 17.0 Å². The summed E-state index contributed by atoms with van der Waals surface area (Å²) in [5.41, 5.74) is 1.47. The number of ketones is 1. The first-order valence-electron chi connectivity index (χ1n) is 10.6. The molecule has 7 unspecified atom stereocenters. The highest BCUT2D eigenvalue weighted by molar-refractivity contribution is 7.80. The summed E-state index contributed by atoms with van der Waals surface area (Å²) in [6.07, 6.45) is 9.68. The molecule has 3 saturated carbocycles. The highest BCUT2D eigenvalue weighted by Gasteiger charge is 2.59. The molecule has 4 aliphatic rings. The Morgan fingerprint density at radius 2 is 1.93 bits per heavy atom. The first-order valence-corrected chi connectivity index (χ1v) is 11.9. The maximum Gasteiger partial charge on any atom is 0.397 e. The van der Waals surface area contributed by atoms with E-state index in [-0.39, 0.29) is 28.6 Å². The van der Waals surface area contributed by atoms with Crippen molar-refractivity contribution in [2.75, 3.05) is 6.61 Å². The Hall–Kier alpha value is -0.760. The highest BCUT2D eigenvalue weighted by atomic mass is 32.3. The smallest absolute Gasteiger partial charge is 0.393 e. The lowest BCUT2D eigenvalue weighted by Gasteiger charge is -2.57. The SMILES string of the molecule is CC12CCC(O)CC1=CCC1C2CCC2(C)C(C(=O)COS(=O)(=O)O)CCC12. The number of rotatable bonds is 4. The van der Waals surface area contributed by atoms with E-state index in [1.807, 2.05) is 0 Å². The molecule has 7 atom stereocenters. The second-order valence-corrected chi connectivity index (χ2v) is 11.1. The van der Waals surface area contributed by atoms with Gasteiger partial charge in [-0.25, -0.2) is 4.18 Å². The maximum absolute atomic E-state index is 12.7. The second kappa shape index (κ2) is 6.89. The molecule has 0 radical (unpaired) electrons. The molecule has 0 amide bonds. The van der Waals surface area contributed by atoms with Gasteiger partial charge in [-0.1, -0.05) is 25.5 Å². The Morgan fingerprint density at radius 1 is 1.18 bits per heavy atom. The number of aliphatic hydroxyl groups is 1. The fourth-order valence-electron chi connectivity index (χ4n) is 7.40. The Morgan fingerprint density at radius 3 is 2.64 bits per heavy atom. The molecule has 158 valence electrons. The minimum atomic E-state index is -4.59. The van der Waals surface area contributed by atoms with E-state index in [1.54, 1.807) is 0 Å². The number of allylic oxidation sites excluding steroid dienone is 1. The van der Waals surface area contributed by atoms with Crippen LogP contribution in [0.4, 0.5) is 0 Å². The minimum Gasteiger partial charge on any atom is -0.393 e. The number of aliphatic hydroxyl groups excluding tert-OH is 1. The van der Waals surface area contributed by atoms with Gasteiger partial charge < -0.3 is 5.11 Å². The number of Topliss-reactive ketones (excluding diaryl/α,β-unsaturated/α-hetero) is 1. The number of hydrogen-bond acceptors (Lipinski definition) is 5. The first kappa shape index (κ1) is 20.5. The van der Waals surface area contributed by atoms with Gasteiger partial charge in [0.2, 0.25) is 0 Å². The zero-order valence-electron chi connectivity index (χ0n) is 16.8. The van der Waals surface area contributed by atoms with Crippen molar-refractivity contribution >= 4 is 16.2 Å². The van der Waals surface area contributed by atoms with E-state index in [4.69, 9.17) is 4.55 Å². The first-order chi connectivity index (χ1) is 13.0. The van der Waals surface area contributed by atoms with Crippen molar-refractivity contribution in [3.63, 3.8) is 0 Å². The van der Waals surface area contributed by atoms with Crippen molar-refractivity contribution in [1.82, 2.24) is 0 Å². The summed E-state index contributed by atoms with van der Waals surface area (Å²) in [6, 6.07) is 0. The zero-order valence-corrected chi connectivity index (χ0v) is 17.6. The van der Waals surface area contributed by atoms with E-state index in [9.17, 15) is 18.3 Å². The number of carbonyl (C=O) groups excluding carboxylic acids is 1. The molecule has 0 aliphatic heterocycles. The molecule has 0 spiro atoms. The van der Waals surface area contributed by atoms with Gasteiger partial charge in [0.25, 0.3) is 0 Å². The molecule has 0 aromatic carbocycles. The lowest BCUT2D eigenvalue weighted by Crippen LogP contribution is -2.51. The van der Waals surface area contributed by atoms with Crippen LogP contribution in [0.5, 0.6) is 0 Å². The van der Waals surface area contributed by atoms with Crippen molar-refractivity contribution in [3.05, 3.63) is 11.6 Å². The van der Waals surface area contributed by atoms with Gasteiger partial charge in [0, 0.05) is 5.92 Å². The fourth-order valence-corrected chi connectivity index (χ4v) is 7.67. The number of fused-ring (bicyclic) bond motifs is 5. The summed E-state index contributed by atoms with van der Waals surface area (Å²) in [5.74, 6) is 1.18. The Kier molecular flexibility index (Phi) is 5.05. The molecule has 0 aromatic heterocycles. The molecule has 4 rings (SSSR count). The summed E-state index contributed by atoms with van der Waals surface area (Å²) < 4.78 is 34.9. The predicted octanol–water partition coefficient (Wildman–Crippen LogP) is 3.31. The van der Waals surface area contributed by atoms with Gasteiger partial charge in [-0.3, -0.25) is 9.35 Å². The highest BCUT2D eigenvalue weighted by Crippen LogP contribution is 2.66. The van der Waals surface area contributed by atoms with Gasteiger partial charge in [-0.15, -0.1) is 0 Å². The summed E-state index contributed by atoms with van der Waals surface area (Å²) >= 11 is 0. The predicted molar refractivity (Wildman–Crippen MR) is 104 cm³/mol. The molecule has 0 saturated heterocycles. The topological polar surface area (TPSA) is 101 Å². The van der Waals surface area contributed by atoms with Crippen molar-refractivity contribution in [3.8, 4) is 0 Å². The number of carbonyl (C=O) groups is 1. The molecule has 0 aromatic rings. The third-order valence-electron chi connectivity index (χ3n) is 8.82. The monoisotopic (exact) mass is 412 g/mol. The van der Waals surface area contributed by atoms with Gasteiger partial charge >= 0.3 is 10.4 Å². The molecule has 0 heterocycles. The van der Waals surface area contributed by atoms with Crippen molar-refractivity contribution in [2.24, 2.45) is 34.5 Å². The van der Waals surface area contributed by atoms with Crippen molar-refractivity contribution < 1.29 is 27.1 Å². The molecule has 2 N–H and O–H groups in total. The van der Waals surface area contributed by atoms with E-state index in [1.165, 1.54) is 5.57 Å². The molecule has 7 heteroatoms. The van der Waals surface area contributed by atoms with Crippen LogP contribution in [0.25, 0.3) is 0 Å². The van der Waals surface area contributed by atoms with E-state index in [0.717, 1.165) is 51.4 Å². The van der Waals surface area contributed by atoms with Crippen LogP contribution in [0.3, 0.4) is 0 Å². The second-order valence-electron chi connectivity index (χ2n) is 9.99. The van der Waals surface area contributed by atoms with Gasteiger partial charge in [0.05, 0.1) is 6.10 Å². The third kappa shape index (κ3) is 3.28. The molecule has 3 fully saturated rings. The van der Waals surface area contributed by atoms with Crippen LogP contribution in [0.15, 0.2) is 11.6 Å². The molecule has 0 bridgehead atoms. The summed E-state index contributed by atoms with van der Waals surface area (Å²) in [7, 11) is -4.59. The molecule has 4 aliphatic carbocycles. The van der Waals surface area contributed by atoms with Crippen LogP contribution in [0, 0.1) is 34.5 Å². The van der Waals surface area contributed by atoms with Crippen LogP contribution >= 0.6 is 0 Å². The van der Waals surface area contributed by atoms with E-state index in [2.05, 4.69) is 24.1 Å². The molecule has 28 heavy (non-hydrogen) atoms. The minimum absolute atomic E-state index is 0.128. The molecular weight excluding hydrogens is 380 g/mol.